The van der Waals surface area contributed by atoms with Crippen LogP contribution in [0.15, 0.2) is 42.5 Å². The Balaban J connectivity index is 2.34. The molecule has 0 saturated carbocycles. The van der Waals surface area contributed by atoms with Crippen molar-refractivity contribution in [2.45, 2.75) is 26.0 Å². The van der Waals surface area contributed by atoms with Crippen molar-refractivity contribution < 1.29 is 9.13 Å². The molecule has 21 heavy (non-hydrogen) atoms. The lowest BCUT2D eigenvalue weighted by Crippen LogP contribution is -2.18. The summed E-state index contributed by atoms with van der Waals surface area (Å²) in [5.74, 6) is 0.390. The van der Waals surface area contributed by atoms with E-state index in [1.807, 2.05) is 51.2 Å². The quantitative estimate of drug-likeness (QED) is 0.873. The Hall–Kier alpha value is -1.58. The first kappa shape index (κ1) is 15.8. The van der Waals surface area contributed by atoms with Crippen molar-refractivity contribution in [1.29, 1.82) is 0 Å². The van der Waals surface area contributed by atoms with Gasteiger partial charge in [0.2, 0.25) is 0 Å². The van der Waals surface area contributed by atoms with Gasteiger partial charge < -0.3 is 10.1 Å². The minimum atomic E-state index is -0.413. The van der Waals surface area contributed by atoms with Crippen molar-refractivity contribution in [1.82, 2.24) is 5.32 Å². The number of ether oxygens (including phenoxy) is 1. The van der Waals surface area contributed by atoms with E-state index in [0.717, 1.165) is 16.9 Å². The first-order valence-electron chi connectivity index (χ1n) is 6.90. The highest BCUT2D eigenvalue weighted by atomic mass is 35.5. The predicted octanol–water partition coefficient (Wildman–Crippen LogP) is 4.58. The van der Waals surface area contributed by atoms with Crippen molar-refractivity contribution in [3.8, 4) is 5.75 Å². The summed E-state index contributed by atoms with van der Waals surface area (Å²) in [6.45, 7) is 3.97. The molecule has 2 nitrogen and oxygen atoms in total. The van der Waals surface area contributed by atoms with Crippen molar-refractivity contribution >= 4 is 11.6 Å². The standard InChI is InChI=1S/C17H19ClFNO/c1-11(2)21-14-6-4-5-12(9-14)17(20-3)13-7-8-15(18)16(19)10-13/h4-11,17,20H,1-3H3. The average molecular weight is 308 g/mol. The van der Waals surface area contributed by atoms with Gasteiger partial charge in [0.05, 0.1) is 17.2 Å². The van der Waals surface area contributed by atoms with Gasteiger partial charge in [-0.25, -0.2) is 4.39 Å². The van der Waals surface area contributed by atoms with Crippen LogP contribution >= 0.6 is 11.6 Å². The summed E-state index contributed by atoms with van der Waals surface area (Å²) < 4.78 is 19.4. The number of rotatable bonds is 5. The summed E-state index contributed by atoms with van der Waals surface area (Å²) in [6, 6.07) is 12.5. The van der Waals surface area contributed by atoms with Crippen LogP contribution in [0.2, 0.25) is 5.02 Å². The third-order valence-electron chi connectivity index (χ3n) is 3.13. The highest BCUT2D eigenvalue weighted by Crippen LogP contribution is 2.27. The molecule has 0 amide bonds. The minimum Gasteiger partial charge on any atom is -0.491 e. The highest BCUT2D eigenvalue weighted by molar-refractivity contribution is 6.30. The first-order chi connectivity index (χ1) is 10.0. The molecule has 4 heteroatoms. The number of halogens is 2. The van der Waals surface area contributed by atoms with Crippen molar-refractivity contribution in [2.24, 2.45) is 0 Å². The van der Waals surface area contributed by atoms with Gasteiger partial charge in [0.15, 0.2) is 0 Å². The Bertz CT molecular complexity index is 615. The molecule has 2 aromatic rings. The second-order valence-electron chi connectivity index (χ2n) is 5.13. The summed E-state index contributed by atoms with van der Waals surface area (Å²) in [4.78, 5) is 0. The van der Waals surface area contributed by atoms with E-state index in [0.29, 0.717) is 0 Å². The van der Waals surface area contributed by atoms with Gasteiger partial charge in [0.25, 0.3) is 0 Å². The third kappa shape index (κ3) is 3.96. The summed E-state index contributed by atoms with van der Waals surface area (Å²) in [5.41, 5.74) is 1.83. The van der Waals surface area contributed by atoms with Crippen LogP contribution < -0.4 is 10.1 Å². The fourth-order valence-electron chi connectivity index (χ4n) is 2.26. The maximum atomic E-state index is 13.7. The molecule has 1 atom stereocenters. The molecule has 1 unspecified atom stereocenters. The van der Waals surface area contributed by atoms with Crippen LogP contribution in [0.5, 0.6) is 5.75 Å². The summed E-state index contributed by atoms with van der Waals surface area (Å²) in [7, 11) is 1.84. The van der Waals surface area contributed by atoms with Gasteiger partial charge in [-0.1, -0.05) is 29.8 Å². The van der Waals surface area contributed by atoms with Crippen LogP contribution in [0.1, 0.15) is 31.0 Å². The van der Waals surface area contributed by atoms with Crippen molar-refractivity contribution in [3.05, 3.63) is 64.4 Å². The first-order valence-corrected chi connectivity index (χ1v) is 7.28. The largest absolute Gasteiger partial charge is 0.491 e. The van der Waals surface area contributed by atoms with E-state index in [2.05, 4.69) is 5.32 Å². The van der Waals surface area contributed by atoms with Crippen LogP contribution in [0.3, 0.4) is 0 Å². The molecule has 0 aliphatic rings. The molecule has 0 aliphatic heterocycles. The monoisotopic (exact) mass is 307 g/mol. The van der Waals surface area contributed by atoms with E-state index < -0.39 is 5.82 Å². The predicted molar refractivity (Wildman–Crippen MR) is 84.5 cm³/mol. The Kier molecular flexibility index (Phi) is 5.21. The molecule has 2 rings (SSSR count). The molecule has 0 radical (unpaired) electrons. The van der Waals surface area contributed by atoms with E-state index >= 15 is 0 Å². The number of hydrogen-bond acceptors (Lipinski definition) is 2. The van der Waals surface area contributed by atoms with Crippen LogP contribution in [-0.4, -0.2) is 13.2 Å². The lowest BCUT2D eigenvalue weighted by Gasteiger charge is -2.19. The molecule has 0 aromatic heterocycles. The average Bonchev–Trinajstić information content (AvgIpc) is 2.43. The Labute approximate surface area is 129 Å². The highest BCUT2D eigenvalue weighted by Gasteiger charge is 2.14. The summed E-state index contributed by atoms with van der Waals surface area (Å²) in [6.07, 6.45) is 0.112. The lowest BCUT2D eigenvalue weighted by atomic mass is 9.98. The van der Waals surface area contributed by atoms with E-state index in [9.17, 15) is 4.39 Å². The van der Waals surface area contributed by atoms with E-state index in [4.69, 9.17) is 16.3 Å². The van der Waals surface area contributed by atoms with E-state index in [-0.39, 0.29) is 17.2 Å². The number of hydrogen-bond donors (Lipinski definition) is 1. The van der Waals surface area contributed by atoms with Gasteiger partial charge in [-0.3, -0.25) is 0 Å². The number of nitrogens with one attached hydrogen (secondary N) is 1. The van der Waals surface area contributed by atoms with Gasteiger partial charge in [-0.05, 0) is 56.3 Å². The second-order valence-corrected chi connectivity index (χ2v) is 5.54. The smallest absolute Gasteiger partial charge is 0.142 e. The molecule has 0 fully saturated rings. The zero-order valence-corrected chi connectivity index (χ0v) is 13.1. The Morgan fingerprint density at radius 3 is 2.43 bits per heavy atom. The third-order valence-corrected chi connectivity index (χ3v) is 3.44. The fraction of sp³-hybridized carbons (Fsp3) is 0.294. The van der Waals surface area contributed by atoms with Crippen LogP contribution in [-0.2, 0) is 0 Å². The summed E-state index contributed by atoms with van der Waals surface area (Å²) in [5, 5.41) is 3.33. The lowest BCUT2D eigenvalue weighted by molar-refractivity contribution is 0.242. The SMILES string of the molecule is CNC(c1cccc(OC(C)C)c1)c1ccc(Cl)c(F)c1. The van der Waals surface area contributed by atoms with E-state index in [1.54, 1.807) is 6.07 Å². The van der Waals surface area contributed by atoms with Gasteiger partial charge in [0.1, 0.15) is 11.6 Å². The number of benzene rings is 2. The molecule has 0 saturated heterocycles. The van der Waals surface area contributed by atoms with Crippen LogP contribution in [0, 0.1) is 5.82 Å². The fourth-order valence-corrected chi connectivity index (χ4v) is 2.37. The van der Waals surface area contributed by atoms with E-state index in [1.165, 1.54) is 6.07 Å². The molecule has 0 bridgehead atoms. The van der Waals surface area contributed by atoms with Gasteiger partial charge in [0, 0.05) is 0 Å². The van der Waals surface area contributed by atoms with Crippen molar-refractivity contribution in [3.63, 3.8) is 0 Å². The Morgan fingerprint density at radius 2 is 1.81 bits per heavy atom. The maximum absolute atomic E-state index is 13.7. The maximum Gasteiger partial charge on any atom is 0.142 e. The topological polar surface area (TPSA) is 21.3 Å². The molecule has 2 aromatic carbocycles. The van der Waals surface area contributed by atoms with Crippen LogP contribution in [0.4, 0.5) is 4.39 Å². The molecule has 0 spiro atoms. The zero-order valence-electron chi connectivity index (χ0n) is 12.4. The summed E-state index contributed by atoms with van der Waals surface area (Å²) >= 11 is 5.74. The normalized spacial score (nSPS) is 12.5. The van der Waals surface area contributed by atoms with Gasteiger partial charge in [-0.2, -0.15) is 0 Å². The van der Waals surface area contributed by atoms with Gasteiger partial charge >= 0.3 is 0 Å². The minimum absolute atomic E-state index is 0.112. The molecular formula is C17H19ClFNO. The van der Waals surface area contributed by atoms with Gasteiger partial charge in [-0.15, -0.1) is 0 Å². The zero-order chi connectivity index (χ0) is 15.4. The second kappa shape index (κ2) is 6.92. The van der Waals surface area contributed by atoms with Crippen molar-refractivity contribution in [2.75, 3.05) is 7.05 Å². The van der Waals surface area contributed by atoms with Crippen LogP contribution in [0.25, 0.3) is 0 Å². The molecule has 112 valence electrons. The Morgan fingerprint density at radius 1 is 1.10 bits per heavy atom. The molecule has 0 heterocycles. The molecule has 1 N–H and O–H groups in total. The molecule has 0 aliphatic carbocycles. The molecular weight excluding hydrogens is 289 g/mol.